The molecule has 3 aromatic rings. The number of para-hydroxylation sites is 1. The highest BCUT2D eigenvalue weighted by Gasteiger charge is 2.31. The molecule has 1 N–H and O–H groups in total. The van der Waals surface area contributed by atoms with Gasteiger partial charge < -0.3 is 10.1 Å². The van der Waals surface area contributed by atoms with Gasteiger partial charge in [0.1, 0.15) is 5.75 Å². The molecule has 3 rings (SSSR count). The molecule has 3 aromatic carbocycles. The van der Waals surface area contributed by atoms with Crippen LogP contribution in [0.4, 0.5) is 18.9 Å². The summed E-state index contributed by atoms with van der Waals surface area (Å²) in [5, 5.41) is 3.42. The average molecular weight is 343 g/mol. The Hall–Kier alpha value is -2.95. The molecule has 5 heteroatoms. The van der Waals surface area contributed by atoms with Crippen LogP contribution in [0.3, 0.4) is 0 Å². The number of benzene rings is 3. The maximum absolute atomic E-state index is 12.3. The van der Waals surface area contributed by atoms with Gasteiger partial charge in [0.2, 0.25) is 0 Å². The topological polar surface area (TPSA) is 21.3 Å². The fourth-order valence-corrected chi connectivity index (χ4v) is 2.57. The lowest BCUT2D eigenvalue weighted by molar-refractivity contribution is -0.274. The molecule has 0 saturated heterocycles. The van der Waals surface area contributed by atoms with Crippen LogP contribution in [0, 0.1) is 0 Å². The van der Waals surface area contributed by atoms with E-state index in [-0.39, 0.29) is 11.8 Å². The molecule has 0 radical (unpaired) electrons. The standard InChI is InChI=1S/C20H16F3NO/c21-20(22,23)25-18-13-11-16(12-14-18)19(15-7-3-1-4-8-15)24-17-9-5-2-6-10-17/h1-14,19,24H. The highest BCUT2D eigenvalue weighted by atomic mass is 19.4. The Morgan fingerprint density at radius 1 is 0.680 bits per heavy atom. The van der Waals surface area contributed by atoms with Crippen LogP contribution in [-0.2, 0) is 0 Å². The van der Waals surface area contributed by atoms with Crippen LogP contribution in [0.1, 0.15) is 17.2 Å². The molecule has 0 aliphatic rings. The highest BCUT2D eigenvalue weighted by Crippen LogP contribution is 2.29. The molecular weight excluding hydrogens is 327 g/mol. The maximum atomic E-state index is 12.3. The third-order valence-corrected chi connectivity index (χ3v) is 3.66. The molecule has 0 heterocycles. The van der Waals surface area contributed by atoms with Crippen molar-refractivity contribution in [1.82, 2.24) is 0 Å². The van der Waals surface area contributed by atoms with Gasteiger partial charge in [0, 0.05) is 5.69 Å². The molecule has 1 unspecified atom stereocenters. The van der Waals surface area contributed by atoms with E-state index in [1.54, 1.807) is 12.1 Å². The summed E-state index contributed by atoms with van der Waals surface area (Å²) in [7, 11) is 0. The number of halogens is 3. The Balaban J connectivity index is 1.89. The van der Waals surface area contributed by atoms with Gasteiger partial charge in [-0.15, -0.1) is 13.2 Å². The SMILES string of the molecule is FC(F)(F)Oc1ccc(C(Nc2ccccc2)c2ccccc2)cc1. The minimum atomic E-state index is -4.69. The Kier molecular flexibility index (Phi) is 4.93. The summed E-state index contributed by atoms with van der Waals surface area (Å²) < 4.78 is 40.9. The van der Waals surface area contributed by atoms with E-state index in [2.05, 4.69) is 10.1 Å². The van der Waals surface area contributed by atoms with E-state index < -0.39 is 6.36 Å². The fourth-order valence-electron chi connectivity index (χ4n) is 2.57. The van der Waals surface area contributed by atoms with Crippen molar-refractivity contribution in [3.8, 4) is 5.75 Å². The molecule has 1 atom stereocenters. The van der Waals surface area contributed by atoms with E-state index in [0.29, 0.717) is 0 Å². The first-order valence-electron chi connectivity index (χ1n) is 7.73. The number of hydrogen-bond acceptors (Lipinski definition) is 2. The third kappa shape index (κ3) is 4.76. The molecule has 0 spiro atoms. The molecular formula is C20H16F3NO. The molecule has 0 aliphatic heterocycles. The summed E-state index contributed by atoms with van der Waals surface area (Å²) in [4.78, 5) is 0. The van der Waals surface area contributed by atoms with Crippen LogP contribution in [0.15, 0.2) is 84.9 Å². The Morgan fingerprint density at radius 2 is 1.20 bits per heavy atom. The van der Waals surface area contributed by atoms with Crippen LogP contribution in [0.2, 0.25) is 0 Å². The van der Waals surface area contributed by atoms with Crippen molar-refractivity contribution < 1.29 is 17.9 Å². The van der Waals surface area contributed by atoms with Gasteiger partial charge in [-0.05, 0) is 35.4 Å². The van der Waals surface area contributed by atoms with Crippen molar-refractivity contribution in [3.63, 3.8) is 0 Å². The summed E-state index contributed by atoms with van der Waals surface area (Å²) in [6.07, 6.45) is -4.69. The average Bonchev–Trinajstić information content (AvgIpc) is 2.61. The minimum absolute atomic E-state index is 0.191. The van der Waals surface area contributed by atoms with Crippen LogP contribution >= 0.6 is 0 Å². The van der Waals surface area contributed by atoms with Gasteiger partial charge in [0.05, 0.1) is 6.04 Å². The zero-order valence-electron chi connectivity index (χ0n) is 13.2. The lowest BCUT2D eigenvalue weighted by Crippen LogP contribution is -2.17. The number of nitrogens with one attached hydrogen (secondary N) is 1. The van der Waals surface area contributed by atoms with Gasteiger partial charge in [-0.1, -0.05) is 60.7 Å². The minimum Gasteiger partial charge on any atom is -0.406 e. The number of rotatable bonds is 5. The van der Waals surface area contributed by atoms with E-state index in [1.165, 1.54) is 12.1 Å². The van der Waals surface area contributed by atoms with Gasteiger partial charge in [-0.2, -0.15) is 0 Å². The van der Waals surface area contributed by atoms with E-state index in [4.69, 9.17) is 0 Å². The Morgan fingerprint density at radius 3 is 1.76 bits per heavy atom. The first-order chi connectivity index (χ1) is 12.0. The summed E-state index contributed by atoms with van der Waals surface area (Å²) in [5.74, 6) is -0.234. The molecule has 2 nitrogen and oxygen atoms in total. The van der Waals surface area contributed by atoms with E-state index in [0.717, 1.165) is 16.8 Å². The van der Waals surface area contributed by atoms with E-state index >= 15 is 0 Å². The molecule has 0 saturated carbocycles. The number of hydrogen-bond donors (Lipinski definition) is 1. The summed E-state index contributed by atoms with van der Waals surface area (Å²) >= 11 is 0. The largest absolute Gasteiger partial charge is 0.573 e. The van der Waals surface area contributed by atoms with Crippen molar-refractivity contribution in [3.05, 3.63) is 96.1 Å². The van der Waals surface area contributed by atoms with Crippen molar-refractivity contribution >= 4 is 5.69 Å². The van der Waals surface area contributed by atoms with Crippen LogP contribution in [0.5, 0.6) is 5.75 Å². The molecule has 0 aliphatic carbocycles. The zero-order valence-corrected chi connectivity index (χ0v) is 13.2. The van der Waals surface area contributed by atoms with Crippen molar-refractivity contribution in [2.75, 3.05) is 5.32 Å². The normalized spacial score (nSPS) is 12.4. The molecule has 0 fully saturated rings. The Labute approximate surface area is 143 Å². The first-order valence-corrected chi connectivity index (χ1v) is 7.73. The van der Waals surface area contributed by atoms with E-state index in [9.17, 15) is 13.2 Å². The fraction of sp³-hybridized carbons (Fsp3) is 0.100. The molecule has 0 amide bonds. The second-order valence-electron chi connectivity index (χ2n) is 5.47. The van der Waals surface area contributed by atoms with Gasteiger partial charge in [-0.3, -0.25) is 0 Å². The first kappa shape index (κ1) is 16.9. The second kappa shape index (κ2) is 7.30. The summed E-state index contributed by atoms with van der Waals surface area (Å²) in [5.41, 5.74) is 2.77. The molecule has 128 valence electrons. The van der Waals surface area contributed by atoms with Gasteiger partial charge >= 0.3 is 6.36 Å². The number of ether oxygens (including phenoxy) is 1. The predicted octanol–water partition coefficient (Wildman–Crippen LogP) is 5.79. The lowest BCUT2D eigenvalue weighted by Gasteiger charge is -2.21. The smallest absolute Gasteiger partial charge is 0.406 e. The molecule has 0 aromatic heterocycles. The van der Waals surface area contributed by atoms with Crippen LogP contribution < -0.4 is 10.1 Å². The third-order valence-electron chi connectivity index (χ3n) is 3.66. The molecule has 25 heavy (non-hydrogen) atoms. The van der Waals surface area contributed by atoms with Crippen molar-refractivity contribution in [2.45, 2.75) is 12.4 Å². The van der Waals surface area contributed by atoms with Gasteiger partial charge in [0.25, 0.3) is 0 Å². The van der Waals surface area contributed by atoms with Crippen LogP contribution in [-0.4, -0.2) is 6.36 Å². The zero-order chi connectivity index (χ0) is 17.7. The monoisotopic (exact) mass is 343 g/mol. The van der Waals surface area contributed by atoms with Crippen molar-refractivity contribution in [1.29, 1.82) is 0 Å². The summed E-state index contributed by atoms with van der Waals surface area (Å²) in [6.45, 7) is 0. The number of alkyl halides is 3. The van der Waals surface area contributed by atoms with Gasteiger partial charge in [0.15, 0.2) is 0 Å². The highest BCUT2D eigenvalue weighted by molar-refractivity contribution is 5.49. The second-order valence-corrected chi connectivity index (χ2v) is 5.47. The number of anilines is 1. The molecule has 0 bridgehead atoms. The van der Waals surface area contributed by atoms with E-state index in [1.807, 2.05) is 60.7 Å². The van der Waals surface area contributed by atoms with Crippen LogP contribution in [0.25, 0.3) is 0 Å². The lowest BCUT2D eigenvalue weighted by atomic mass is 9.98. The van der Waals surface area contributed by atoms with Gasteiger partial charge in [-0.25, -0.2) is 0 Å². The van der Waals surface area contributed by atoms with Crippen molar-refractivity contribution in [2.24, 2.45) is 0 Å². The Bertz CT molecular complexity index is 787. The quantitative estimate of drug-likeness (QED) is 0.633. The predicted molar refractivity (Wildman–Crippen MR) is 91.5 cm³/mol. The maximum Gasteiger partial charge on any atom is 0.573 e. The summed E-state index contributed by atoms with van der Waals surface area (Å²) in [6, 6.07) is 25.1.